The predicted molar refractivity (Wildman–Crippen MR) is 79.0 cm³/mol. The molecule has 1 fully saturated rings. The highest BCUT2D eigenvalue weighted by atomic mass is 16.6. The van der Waals surface area contributed by atoms with Crippen molar-refractivity contribution in [3.8, 4) is 0 Å². The van der Waals surface area contributed by atoms with E-state index in [1.54, 1.807) is 4.90 Å². The van der Waals surface area contributed by atoms with E-state index in [0.717, 1.165) is 12.0 Å². The molecular formula is C15H16N4O3. The number of hydrogen-bond acceptors (Lipinski definition) is 4. The van der Waals surface area contributed by atoms with Gasteiger partial charge in [-0.15, -0.1) is 0 Å². The van der Waals surface area contributed by atoms with Crippen LogP contribution in [0.4, 0.5) is 5.69 Å². The highest BCUT2D eigenvalue weighted by Gasteiger charge is 2.31. The van der Waals surface area contributed by atoms with Crippen LogP contribution in [-0.4, -0.2) is 32.1 Å². The molecule has 1 saturated heterocycles. The van der Waals surface area contributed by atoms with E-state index in [4.69, 9.17) is 0 Å². The Morgan fingerprint density at radius 2 is 2.09 bits per heavy atom. The molecule has 7 heteroatoms. The van der Waals surface area contributed by atoms with Crippen molar-refractivity contribution in [2.45, 2.75) is 25.4 Å². The summed E-state index contributed by atoms with van der Waals surface area (Å²) in [6.45, 7) is 1.26. The number of nitro groups is 1. The van der Waals surface area contributed by atoms with Crippen molar-refractivity contribution in [1.29, 1.82) is 0 Å². The maximum atomic E-state index is 12.6. The molecule has 22 heavy (non-hydrogen) atoms. The van der Waals surface area contributed by atoms with Gasteiger partial charge in [-0.1, -0.05) is 30.3 Å². The third-order valence-electron chi connectivity index (χ3n) is 3.84. The van der Waals surface area contributed by atoms with Gasteiger partial charge in [-0.2, -0.15) is 5.10 Å². The Labute approximate surface area is 127 Å². The van der Waals surface area contributed by atoms with E-state index in [2.05, 4.69) is 5.10 Å². The van der Waals surface area contributed by atoms with Crippen LogP contribution in [0, 0.1) is 10.1 Å². The average molecular weight is 300 g/mol. The van der Waals surface area contributed by atoms with Crippen LogP contribution in [0.5, 0.6) is 0 Å². The second kappa shape index (κ2) is 5.97. The molecule has 3 rings (SSSR count). The second-order valence-corrected chi connectivity index (χ2v) is 5.34. The van der Waals surface area contributed by atoms with E-state index in [1.807, 2.05) is 30.3 Å². The van der Waals surface area contributed by atoms with Crippen LogP contribution < -0.4 is 0 Å². The Bertz CT molecular complexity index is 683. The van der Waals surface area contributed by atoms with E-state index in [1.165, 1.54) is 17.1 Å². The maximum absolute atomic E-state index is 12.6. The summed E-state index contributed by atoms with van der Waals surface area (Å²) in [6, 6.07) is 9.33. The normalized spacial score (nSPS) is 18.5. The molecule has 7 nitrogen and oxygen atoms in total. The predicted octanol–water partition coefficient (Wildman–Crippen LogP) is 2.16. The SMILES string of the molecule is O=C1[C@@H](n2cc([N+](=O)[O-])cn2)CCCN1Cc1ccccc1. The number of hydrogen-bond donors (Lipinski definition) is 0. The van der Waals surface area contributed by atoms with E-state index < -0.39 is 11.0 Å². The van der Waals surface area contributed by atoms with Gasteiger partial charge in [0, 0.05) is 13.1 Å². The molecule has 1 aromatic carbocycles. The number of rotatable bonds is 4. The van der Waals surface area contributed by atoms with Gasteiger partial charge in [-0.3, -0.25) is 19.6 Å². The molecule has 1 amide bonds. The van der Waals surface area contributed by atoms with Crippen molar-refractivity contribution in [3.63, 3.8) is 0 Å². The van der Waals surface area contributed by atoms with Gasteiger partial charge in [-0.05, 0) is 18.4 Å². The molecule has 2 aromatic rings. The number of amides is 1. The summed E-state index contributed by atoms with van der Waals surface area (Å²) in [7, 11) is 0. The molecule has 0 N–H and O–H groups in total. The molecule has 0 bridgehead atoms. The largest absolute Gasteiger partial charge is 0.337 e. The first-order valence-corrected chi connectivity index (χ1v) is 7.16. The molecule has 0 spiro atoms. The second-order valence-electron chi connectivity index (χ2n) is 5.34. The lowest BCUT2D eigenvalue weighted by molar-refractivity contribution is -0.385. The van der Waals surface area contributed by atoms with Crippen LogP contribution in [0.1, 0.15) is 24.4 Å². The van der Waals surface area contributed by atoms with E-state index in [-0.39, 0.29) is 11.6 Å². The van der Waals surface area contributed by atoms with Crippen LogP contribution in [0.25, 0.3) is 0 Å². The monoisotopic (exact) mass is 300 g/mol. The molecule has 2 heterocycles. The number of aromatic nitrogens is 2. The van der Waals surface area contributed by atoms with Gasteiger partial charge < -0.3 is 4.90 Å². The van der Waals surface area contributed by atoms with Crippen molar-refractivity contribution >= 4 is 11.6 Å². The van der Waals surface area contributed by atoms with Crippen LogP contribution >= 0.6 is 0 Å². The van der Waals surface area contributed by atoms with Crippen LogP contribution in [0.15, 0.2) is 42.7 Å². The maximum Gasteiger partial charge on any atom is 0.307 e. The summed E-state index contributed by atoms with van der Waals surface area (Å²) in [5, 5.41) is 14.7. The first kappa shape index (κ1) is 14.2. The molecule has 114 valence electrons. The van der Waals surface area contributed by atoms with Gasteiger partial charge >= 0.3 is 5.69 Å². The molecular weight excluding hydrogens is 284 g/mol. The van der Waals surface area contributed by atoms with Crippen LogP contribution in [0.2, 0.25) is 0 Å². The average Bonchev–Trinajstić information content (AvgIpc) is 3.00. The summed E-state index contributed by atoms with van der Waals surface area (Å²) >= 11 is 0. The fraction of sp³-hybridized carbons (Fsp3) is 0.333. The number of likely N-dealkylation sites (tertiary alicyclic amines) is 1. The minimum absolute atomic E-state index is 0.0342. The van der Waals surface area contributed by atoms with Crippen molar-refractivity contribution < 1.29 is 9.72 Å². The van der Waals surface area contributed by atoms with E-state index >= 15 is 0 Å². The highest BCUT2D eigenvalue weighted by Crippen LogP contribution is 2.25. The Kier molecular flexibility index (Phi) is 3.86. The Balaban J connectivity index is 1.76. The zero-order valence-corrected chi connectivity index (χ0v) is 12.0. The molecule has 0 aliphatic carbocycles. The molecule has 1 aliphatic rings. The van der Waals surface area contributed by atoms with Crippen LogP contribution in [-0.2, 0) is 11.3 Å². The highest BCUT2D eigenvalue weighted by molar-refractivity contribution is 5.81. The Morgan fingerprint density at radius 3 is 2.77 bits per heavy atom. The fourth-order valence-corrected chi connectivity index (χ4v) is 2.72. The van der Waals surface area contributed by atoms with Gasteiger partial charge in [0.1, 0.15) is 18.4 Å². The van der Waals surface area contributed by atoms with Gasteiger partial charge in [0.15, 0.2) is 0 Å². The van der Waals surface area contributed by atoms with Crippen molar-refractivity contribution in [2.75, 3.05) is 6.54 Å². The number of carbonyl (C=O) groups is 1. The third kappa shape index (κ3) is 2.83. The van der Waals surface area contributed by atoms with Crippen LogP contribution in [0.3, 0.4) is 0 Å². The number of benzene rings is 1. The summed E-state index contributed by atoms with van der Waals surface area (Å²) in [5.41, 5.74) is 0.982. The van der Waals surface area contributed by atoms with Gasteiger partial charge in [-0.25, -0.2) is 0 Å². The molecule has 0 saturated carbocycles. The Morgan fingerprint density at radius 1 is 1.32 bits per heavy atom. The van der Waals surface area contributed by atoms with E-state index in [0.29, 0.717) is 19.5 Å². The lowest BCUT2D eigenvalue weighted by atomic mass is 10.0. The smallest absolute Gasteiger partial charge is 0.307 e. The summed E-state index contributed by atoms with van der Waals surface area (Å²) < 4.78 is 1.41. The minimum Gasteiger partial charge on any atom is -0.337 e. The topological polar surface area (TPSA) is 81.3 Å². The molecule has 1 atom stereocenters. The summed E-state index contributed by atoms with van der Waals surface area (Å²) in [6.07, 6.45) is 4.03. The van der Waals surface area contributed by atoms with Gasteiger partial charge in [0.05, 0.1) is 4.92 Å². The van der Waals surface area contributed by atoms with Crippen molar-refractivity contribution in [2.24, 2.45) is 0 Å². The first-order valence-electron chi connectivity index (χ1n) is 7.16. The summed E-state index contributed by atoms with van der Waals surface area (Å²) in [5.74, 6) is -0.0342. The fourth-order valence-electron chi connectivity index (χ4n) is 2.72. The minimum atomic E-state index is -0.501. The third-order valence-corrected chi connectivity index (χ3v) is 3.84. The quantitative estimate of drug-likeness (QED) is 0.640. The lowest BCUT2D eigenvalue weighted by Crippen LogP contribution is -2.41. The first-order chi connectivity index (χ1) is 10.6. The molecule has 1 aliphatic heterocycles. The number of carbonyl (C=O) groups excluding carboxylic acids is 1. The number of piperidine rings is 1. The standard InChI is InChI=1S/C15H16N4O3/c20-15-14(18-11-13(9-16-18)19(21)22)7-4-8-17(15)10-12-5-2-1-3-6-12/h1-3,5-6,9,11,14H,4,7-8,10H2/t14-/m0/s1. The molecule has 1 aromatic heterocycles. The Hall–Kier alpha value is -2.70. The van der Waals surface area contributed by atoms with Gasteiger partial charge in [0.2, 0.25) is 5.91 Å². The van der Waals surface area contributed by atoms with Gasteiger partial charge in [0.25, 0.3) is 0 Å². The number of nitrogens with zero attached hydrogens (tertiary/aromatic N) is 4. The van der Waals surface area contributed by atoms with Crippen molar-refractivity contribution in [3.05, 3.63) is 58.4 Å². The van der Waals surface area contributed by atoms with E-state index in [9.17, 15) is 14.9 Å². The summed E-state index contributed by atoms with van der Waals surface area (Å²) in [4.78, 5) is 24.6. The zero-order chi connectivity index (χ0) is 15.5. The van der Waals surface area contributed by atoms with Crippen molar-refractivity contribution in [1.82, 2.24) is 14.7 Å². The molecule has 0 unspecified atom stereocenters. The zero-order valence-electron chi connectivity index (χ0n) is 12.0. The molecule has 0 radical (unpaired) electrons. The lowest BCUT2D eigenvalue weighted by Gasteiger charge is -2.32.